The van der Waals surface area contributed by atoms with Crippen LogP contribution in [-0.4, -0.2) is 4.57 Å². The largest absolute Gasteiger partial charge is 0.311 e. The molecule has 0 saturated carbocycles. The first-order valence-corrected chi connectivity index (χ1v) is 18.4. The normalized spacial score (nSPS) is 11.4. The Morgan fingerprint density at radius 1 is 0.423 bits per heavy atom. The summed E-state index contributed by atoms with van der Waals surface area (Å²) in [5, 5.41) is 5.14. The van der Waals surface area contributed by atoms with Crippen LogP contribution < -0.4 is 4.90 Å². The van der Waals surface area contributed by atoms with E-state index in [9.17, 15) is 0 Å². The lowest BCUT2D eigenvalue weighted by Gasteiger charge is -2.26. The monoisotopic (exact) mass is 668 g/mol. The van der Waals surface area contributed by atoms with E-state index in [0.717, 1.165) is 29.2 Å². The van der Waals surface area contributed by atoms with Gasteiger partial charge in [0.2, 0.25) is 0 Å². The molecule has 0 saturated heterocycles. The molecule has 0 aliphatic carbocycles. The standard InChI is InChI=1S/C50H40N2/c1-2-3-12-36-21-22-42-34-41(24-23-40(42)33-36)38-27-31-45(32-28-38)51(43-14-5-4-6-15-43)44-29-25-37(26-30-44)39-13-11-16-46(35-39)52-49-19-9-7-17-47(49)48-18-8-10-20-50(48)52/h4-11,13-35H,2-3,12H2,1H3. The van der Waals surface area contributed by atoms with Gasteiger partial charge in [0.05, 0.1) is 11.0 Å². The molecule has 0 aliphatic heterocycles. The fourth-order valence-corrected chi connectivity index (χ4v) is 7.67. The fourth-order valence-electron chi connectivity index (χ4n) is 7.67. The molecule has 0 unspecified atom stereocenters. The highest BCUT2D eigenvalue weighted by Gasteiger charge is 2.15. The lowest BCUT2D eigenvalue weighted by molar-refractivity contribution is 0.796. The summed E-state index contributed by atoms with van der Waals surface area (Å²) in [4.78, 5) is 2.33. The van der Waals surface area contributed by atoms with E-state index in [1.807, 2.05) is 0 Å². The predicted octanol–water partition coefficient (Wildman–Crippen LogP) is 14.1. The third-order valence-electron chi connectivity index (χ3n) is 10.3. The number of benzene rings is 8. The molecule has 9 aromatic rings. The molecule has 9 rings (SSSR count). The molecule has 0 radical (unpaired) electrons. The number of nitrogens with zero attached hydrogens (tertiary/aromatic N) is 2. The highest BCUT2D eigenvalue weighted by Crippen LogP contribution is 2.38. The number of fused-ring (bicyclic) bond motifs is 4. The van der Waals surface area contributed by atoms with Crippen molar-refractivity contribution in [2.75, 3.05) is 4.90 Å². The van der Waals surface area contributed by atoms with Gasteiger partial charge in [-0.3, -0.25) is 0 Å². The number of aryl methyl sites for hydroxylation is 1. The van der Waals surface area contributed by atoms with Crippen molar-refractivity contribution in [3.8, 4) is 27.9 Å². The Bertz CT molecular complexity index is 2600. The maximum absolute atomic E-state index is 2.38. The summed E-state index contributed by atoms with van der Waals surface area (Å²) in [5.74, 6) is 0. The summed E-state index contributed by atoms with van der Waals surface area (Å²) < 4.78 is 2.38. The van der Waals surface area contributed by atoms with Gasteiger partial charge in [-0.25, -0.2) is 0 Å². The lowest BCUT2D eigenvalue weighted by Crippen LogP contribution is -2.09. The quantitative estimate of drug-likeness (QED) is 0.149. The number of hydrogen-bond donors (Lipinski definition) is 0. The second-order valence-electron chi connectivity index (χ2n) is 13.7. The summed E-state index contributed by atoms with van der Waals surface area (Å²) in [6.45, 7) is 2.25. The Kier molecular flexibility index (Phi) is 8.34. The van der Waals surface area contributed by atoms with E-state index in [1.165, 1.54) is 73.2 Å². The Morgan fingerprint density at radius 2 is 0.962 bits per heavy atom. The average molecular weight is 669 g/mol. The molecule has 0 N–H and O–H groups in total. The van der Waals surface area contributed by atoms with Crippen LogP contribution in [0.5, 0.6) is 0 Å². The summed E-state index contributed by atoms with van der Waals surface area (Å²) in [5.41, 5.74) is 13.2. The van der Waals surface area contributed by atoms with Gasteiger partial charge in [0, 0.05) is 33.5 Å². The van der Waals surface area contributed by atoms with Crippen LogP contribution in [0.3, 0.4) is 0 Å². The van der Waals surface area contributed by atoms with Crippen LogP contribution in [0.25, 0.3) is 60.5 Å². The molecular weight excluding hydrogens is 629 g/mol. The molecule has 0 bridgehead atoms. The zero-order valence-electron chi connectivity index (χ0n) is 29.4. The fraction of sp³-hybridized carbons (Fsp3) is 0.0800. The van der Waals surface area contributed by atoms with E-state index in [0.29, 0.717) is 0 Å². The van der Waals surface area contributed by atoms with Crippen molar-refractivity contribution in [1.29, 1.82) is 0 Å². The molecule has 0 aliphatic rings. The predicted molar refractivity (Wildman–Crippen MR) is 222 cm³/mol. The van der Waals surface area contributed by atoms with Gasteiger partial charge in [-0.15, -0.1) is 0 Å². The van der Waals surface area contributed by atoms with Crippen molar-refractivity contribution in [3.05, 3.63) is 194 Å². The lowest BCUT2D eigenvalue weighted by atomic mass is 9.98. The van der Waals surface area contributed by atoms with Crippen LogP contribution >= 0.6 is 0 Å². The van der Waals surface area contributed by atoms with Crippen LogP contribution in [0.15, 0.2) is 188 Å². The molecule has 52 heavy (non-hydrogen) atoms. The molecule has 0 atom stereocenters. The van der Waals surface area contributed by atoms with E-state index >= 15 is 0 Å². The van der Waals surface area contributed by atoms with Gasteiger partial charge in [-0.2, -0.15) is 0 Å². The van der Waals surface area contributed by atoms with Gasteiger partial charge in [0.15, 0.2) is 0 Å². The van der Waals surface area contributed by atoms with Gasteiger partial charge >= 0.3 is 0 Å². The number of anilines is 3. The Hall–Kier alpha value is -6.38. The molecule has 0 spiro atoms. The first-order chi connectivity index (χ1) is 25.7. The second-order valence-corrected chi connectivity index (χ2v) is 13.7. The molecule has 1 aromatic heterocycles. The Morgan fingerprint density at radius 3 is 1.62 bits per heavy atom. The Balaban J connectivity index is 1.03. The van der Waals surface area contributed by atoms with Crippen molar-refractivity contribution in [3.63, 3.8) is 0 Å². The Labute approximate surface area is 305 Å². The maximum atomic E-state index is 2.38. The zero-order chi connectivity index (χ0) is 34.9. The van der Waals surface area contributed by atoms with Crippen molar-refractivity contribution in [2.24, 2.45) is 0 Å². The molecule has 1 heterocycles. The summed E-state index contributed by atoms with van der Waals surface area (Å²) >= 11 is 0. The molecule has 2 heteroatoms. The highest BCUT2D eigenvalue weighted by molar-refractivity contribution is 6.09. The topological polar surface area (TPSA) is 8.17 Å². The second kappa shape index (κ2) is 13.7. The SMILES string of the molecule is CCCCc1ccc2cc(-c3ccc(N(c4ccccc4)c4ccc(-c5cccc(-n6c7ccccc7c7ccccc76)c5)cc4)cc3)ccc2c1. The minimum absolute atomic E-state index is 1.12. The molecule has 8 aromatic carbocycles. The van der Waals surface area contributed by atoms with E-state index in [4.69, 9.17) is 0 Å². The smallest absolute Gasteiger partial charge is 0.0541 e. The first kappa shape index (κ1) is 31.6. The third-order valence-corrected chi connectivity index (χ3v) is 10.3. The van der Waals surface area contributed by atoms with Crippen LogP contribution in [0, 0.1) is 0 Å². The van der Waals surface area contributed by atoms with Crippen molar-refractivity contribution < 1.29 is 0 Å². The van der Waals surface area contributed by atoms with Crippen molar-refractivity contribution in [2.45, 2.75) is 26.2 Å². The minimum atomic E-state index is 1.12. The van der Waals surface area contributed by atoms with E-state index in [1.54, 1.807) is 0 Å². The number of para-hydroxylation sites is 3. The van der Waals surface area contributed by atoms with E-state index < -0.39 is 0 Å². The molecule has 2 nitrogen and oxygen atoms in total. The minimum Gasteiger partial charge on any atom is -0.311 e. The van der Waals surface area contributed by atoms with Gasteiger partial charge < -0.3 is 9.47 Å². The van der Waals surface area contributed by atoms with E-state index in [-0.39, 0.29) is 0 Å². The summed E-state index contributed by atoms with van der Waals surface area (Å²) in [6, 6.07) is 68.6. The highest BCUT2D eigenvalue weighted by atomic mass is 15.1. The van der Waals surface area contributed by atoms with Crippen LogP contribution in [0.1, 0.15) is 25.3 Å². The third kappa shape index (κ3) is 5.93. The summed E-state index contributed by atoms with van der Waals surface area (Å²) in [7, 11) is 0. The summed E-state index contributed by atoms with van der Waals surface area (Å²) in [6.07, 6.45) is 3.60. The number of rotatable bonds is 9. The van der Waals surface area contributed by atoms with Gasteiger partial charge in [-0.1, -0.05) is 135 Å². The first-order valence-electron chi connectivity index (χ1n) is 18.4. The van der Waals surface area contributed by atoms with Crippen molar-refractivity contribution in [1.82, 2.24) is 4.57 Å². The maximum Gasteiger partial charge on any atom is 0.0541 e. The molecule has 250 valence electrons. The average Bonchev–Trinajstić information content (AvgIpc) is 3.55. The molecular formula is C50H40N2. The number of unbranched alkanes of at least 4 members (excludes halogenated alkanes) is 1. The number of aromatic nitrogens is 1. The van der Waals surface area contributed by atoms with Crippen LogP contribution in [-0.2, 0) is 6.42 Å². The van der Waals surface area contributed by atoms with Crippen molar-refractivity contribution >= 4 is 49.6 Å². The van der Waals surface area contributed by atoms with Gasteiger partial charge in [0.25, 0.3) is 0 Å². The zero-order valence-corrected chi connectivity index (χ0v) is 29.4. The molecule has 0 amide bonds. The van der Waals surface area contributed by atoms with Crippen LogP contribution in [0.4, 0.5) is 17.1 Å². The molecule has 0 fully saturated rings. The number of hydrogen-bond acceptors (Lipinski definition) is 1. The van der Waals surface area contributed by atoms with Gasteiger partial charge in [0.1, 0.15) is 0 Å². The van der Waals surface area contributed by atoms with Crippen LogP contribution in [0.2, 0.25) is 0 Å². The van der Waals surface area contributed by atoms with E-state index in [2.05, 4.69) is 204 Å². The van der Waals surface area contributed by atoms with Gasteiger partial charge in [-0.05, 0) is 118 Å².